The molecule has 0 bridgehead atoms. The van der Waals surface area contributed by atoms with E-state index >= 15 is 0 Å². The molecule has 2 aliphatic carbocycles. The maximum Gasteiger partial charge on any atom is 0.307 e. The Balaban J connectivity index is 1.61. The van der Waals surface area contributed by atoms with Crippen LogP contribution in [0, 0.1) is 5.92 Å². The Morgan fingerprint density at radius 1 is 1.40 bits per heavy atom. The van der Waals surface area contributed by atoms with E-state index < -0.39 is 17.9 Å². The lowest BCUT2D eigenvalue weighted by atomic mass is 10.1. The predicted octanol–water partition coefficient (Wildman–Crippen LogP) is 2.56. The zero-order chi connectivity index (χ0) is 18.0. The lowest BCUT2D eigenvalue weighted by Gasteiger charge is -2.15. The number of ether oxygens (including phenoxy) is 1. The number of hydrogen-bond acceptors (Lipinski definition) is 5. The summed E-state index contributed by atoms with van der Waals surface area (Å²) in [6.07, 6.45) is 8.05. The largest absolute Gasteiger partial charge is 0.453 e. The van der Waals surface area contributed by atoms with Crippen LogP contribution in [-0.2, 0) is 27.2 Å². The number of carbonyl (C=O) groups is 3. The van der Waals surface area contributed by atoms with Gasteiger partial charge in [-0.2, -0.15) is 0 Å². The molecule has 2 amide bonds. The van der Waals surface area contributed by atoms with Crippen molar-refractivity contribution in [3.8, 4) is 0 Å². The first-order valence-corrected chi connectivity index (χ1v) is 9.38. The highest BCUT2D eigenvalue weighted by Crippen LogP contribution is 2.38. The van der Waals surface area contributed by atoms with Crippen molar-refractivity contribution in [2.45, 2.75) is 51.6 Å². The molecule has 1 aromatic heterocycles. The third kappa shape index (κ3) is 3.92. The maximum absolute atomic E-state index is 12.3. The quantitative estimate of drug-likeness (QED) is 0.600. The zero-order valence-corrected chi connectivity index (χ0v) is 15.0. The Morgan fingerprint density at radius 2 is 2.20 bits per heavy atom. The number of aryl methyl sites for hydroxylation is 1. The van der Waals surface area contributed by atoms with Gasteiger partial charge in [-0.3, -0.25) is 14.4 Å². The Bertz CT molecular complexity index is 738. The van der Waals surface area contributed by atoms with E-state index in [1.807, 2.05) is 6.08 Å². The minimum atomic E-state index is -0.921. The van der Waals surface area contributed by atoms with Crippen molar-refractivity contribution in [1.82, 2.24) is 0 Å². The summed E-state index contributed by atoms with van der Waals surface area (Å²) in [7, 11) is 0. The summed E-state index contributed by atoms with van der Waals surface area (Å²) in [5.41, 5.74) is 6.83. The molecule has 2 aliphatic rings. The van der Waals surface area contributed by atoms with Crippen LogP contribution in [0.1, 0.15) is 53.4 Å². The number of thiophene rings is 1. The van der Waals surface area contributed by atoms with E-state index in [-0.39, 0.29) is 18.3 Å². The molecule has 0 aliphatic heterocycles. The second kappa shape index (κ2) is 7.39. The number of anilines is 1. The van der Waals surface area contributed by atoms with Gasteiger partial charge in [-0.05, 0) is 50.5 Å². The summed E-state index contributed by atoms with van der Waals surface area (Å²) < 4.78 is 5.23. The van der Waals surface area contributed by atoms with Crippen molar-refractivity contribution in [2.75, 3.05) is 5.32 Å². The van der Waals surface area contributed by atoms with Crippen molar-refractivity contribution in [1.29, 1.82) is 0 Å². The first kappa shape index (κ1) is 17.7. The molecule has 0 unspecified atom stereocenters. The fourth-order valence-electron chi connectivity index (χ4n) is 3.34. The van der Waals surface area contributed by atoms with Crippen molar-refractivity contribution in [2.24, 2.45) is 11.7 Å². The van der Waals surface area contributed by atoms with E-state index in [9.17, 15) is 14.4 Å². The van der Waals surface area contributed by atoms with E-state index in [0.717, 1.165) is 42.5 Å². The van der Waals surface area contributed by atoms with Gasteiger partial charge in [0.1, 0.15) is 5.00 Å². The fraction of sp³-hybridized carbons (Fsp3) is 0.500. The maximum atomic E-state index is 12.3. The van der Waals surface area contributed by atoms with E-state index in [0.29, 0.717) is 10.6 Å². The molecule has 25 heavy (non-hydrogen) atoms. The number of nitrogens with one attached hydrogen (secondary N) is 1. The normalized spacial score (nSPS) is 19.5. The highest BCUT2D eigenvalue weighted by Gasteiger charge is 2.28. The van der Waals surface area contributed by atoms with Gasteiger partial charge in [0.25, 0.3) is 11.8 Å². The average Bonchev–Trinajstić information content (AvgIpc) is 3.23. The summed E-state index contributed by atoms with van der Waals surface area (Å²) in [4.78, 5) is 37.1. The molecule has 0 saturated heterocycles. The number of amides is 2. The van der Waals surface area contributed by atoms with Crippen molar-refractivity contribution in [3.05, 3.63) is 28.2 Å². The molecule has 3 rings (SSSR count). The topological polar surface area (TPSA) is 98.5 Å². The monoisotopic (exact) mass is 362 g/mol. The van der Waals surface area contributed by atoms with Crippen LogP contribution in [0.25, 0.3) is 0 Å². The van der Waals surface area contributed by atoms with Gasteiger partial charge in [0.15, 0.2) is 6.10 Å². The van der Waals surface area contributed by atoms with Gasteiger partial charge >= 0.3 is 5.97 Å². The molecule has 1 aromatic rings. The Morgan fingerprint density at radius 3 is 2.88 bits per heavy atom. The van der Waals surface area contributed by atoms with Gasteiger partial charge in [0.2, 0.25) is 0 Å². The minimum absolute atomic E-state index is 0.199. The van der Waals surface area contributed by atoms with Gasteiger partial charge < -0.3 is 15.8 Å². The van der Waals surface area contributed by atoms with Crippen LogP contribution >= 0.6 is 11.3 Å². The number of rotatable bonds is 6. The number of nitrogens with two attached hydrogens (primary N) is 1. The molecule has 134 valence electrons. The number of allylic oxidation sites excluding steroid dienone is 2. The van der Waals surface area contributed by atoms with Crippen molar-refractivity contribution < 1.29 is 19.1 Å². The van der Waals surface area contributed by atoms with E-state index in [2.05, 4.69) is 11.4 Å². The second-order valence-corrected chi connectivity index (χ2v) is 7.62. The Kier molecular flexibility index (Phi) is 5.22. The van der Waals surface area contributed by atoms with Crippen LogP contribution in [0.15, 0.2) is 12.2 Å². The van der Waals surface area contributed by atoms with Crippen molar-refractivity contribution in [3.63, 3.8) is 0 Å². The highest BCUT2D eigenvalue weighted by molar-refractivity contribution is 7.17. The fourth-order valence-corrected chi connectivity index (χ4v) is 4.64. The molecule has 0 spiro atoms. The molecule has 1 heterocycles. The van der Waals surface area contributed by atoms with Gasteiger partial charge in [-0.25, -0.2) is 0 Å². The number of hydrogen-bond donors (Lipinski definition) is 2. The van der Waals surface area contributed by atoms with Gasteiger partial charge in [-0.1, -0.05) is 12.2 Å². The lowest BCUT2D eigenvalue weighted by Crippen LogP contribution is -2.31. The van der Waals surface area contributed by atoms with Gasteiger partial charge in [0, 0.05) is 4.88 Å². The lowest BCUT2D eigenvalue weighted by molar-refractivity contribution is -0.153. The number of esters is 1. The smallest absolute Gasteiger partial charge is 0.307 e. The third-order valence-corrected chi connectivity index (χ3v) is 5.83. The van der Waals surface area contributed by atoms with E-state index in [1.54, 1.807) is 0 Å². The predicted molar refractivity (Wildman–Crippen MR) is 95.5 cm³/mol. The third-order valence-electron chi connectivity index (χ3n) is 4.62. The summed E-state index contributed by atoms with van der Waals surface area (Å²) in [5, 5.41) is 3.17. The highest BCUT2D eigenvalue weighted by atomic mass is 32.1. The Hall–Kier alpha value is -2.15. The molecule has 0 radical (unpaired) electrons. The number of primary amides is 1. The summed E-state index contributed by atoms with van der Waals surface area (Å²) in [5.74, 6) is -1.17. The molecule has 0 aromatic carbocycles. The van der Waals surface area contributed by atoms with Crippen LogP contribution in [0.2, 0.25) is 0 Å². The van der Waals surface area contributed by atoms with Crippen molar-refractivity contribution >= 4 is 34.1 Å². The summed E-state index contributed by atoms with van der Waals surface area (Å²) in [6.45, 7) is 1.53. The van der Waals surface area contributed by atoms with Gasteiger partial charge in [-0.15, -0.1) is 11.3 Å². The molecule has 6 nitrogen and oxygen atoms in total. The number of carbonyl (C=O) groups excluding carboxylic acids is 3. The summed E-state index contributed by atoms with van der Waals surface area (Å²) in [6, 6.07) is 0. The zero-order valence-electron chi connectivity index (χ0n) is 14.2. The average molecular weight is 362 g/mol. The molecular weight excluding hydrogens is 340 g/mol. The van der Waals surface area contributed by atoms with Crippen LogP contribution in [0.4, 0.5) is 5.00 Å². The first-order valence-electron chi connectivity index (χ1n) is 8.57. The minimum Gasteiger partial charge on any atom is -0.453 e. The van der Waals surface area contributed by atoms with Gasteiger partial charge in [0.05, 0.1) is 12.0 Å². The summed E-state index contributed by atoms with van der Waals surface area (Å²) >= 11 is 1.39. The standard InChI is InChI=1S/C18H22N2O4S/c1-10(24-14(21)9-11-5-2-3-6-11)17(23)20-18-15(16(19)22)12-7-4-8-13(12)25-18/h2,5,10-11H,3-4,6-9H2,1H3,(H2,19,22)(H,20,23)/t10-,11+/m1/s1. The molecule has 3 N–H and O–H groups in total. The second-order valence-electron chi connectivity index (χ2n) is 6.52. The van der Waals surface area contributed by atoms with Crippen LogP contribution in [0.3, 0.4) is 0 Å². The SMILES string of the molecule is C[C@@H](OC(=O)C[C@H]1C=CCC1)C(=O)Nc1sc2c(c1C(N)=O)CCC2. The van der Waals surface area contributed by atoms with Crippen LogP contribution in [0.5, 0.6) is 0 Å². The molecule has 2 atom stereocenters. The molecule has 7 heteroatoms. The van der Waals surface area contributed by atoms with Crippen LogP contribution in [-0.4, -0.2) is 23.9 Å². The number of fused-ring (bicyclic) bond motifs is 1. The molecule has 0 fully saturated rings. The van der Waals surface area contributed by atoms with E-state index in [4.69, 9.17) is 10.5 Å². The Labute approximate surface area is 150 Å². The van der Waals surface area contributed by atoms with E-state index in [1.165, 1.54) is 18.3 Å². The molecule has 0 saturated carbocycles. The first-order chi connectivity index (χ1) is 12.0. The van der Waals surface area contributed by atoms with Crippen LogP contribution < -0.4 is 11.1 Å². The molecular formula is C18H22N2O4S.